The molecule has 1 aromatic heterocycles. The molecule has 0 saturated heterocycles. The van der Waals surface area contributed by atoms with Crippen LogP contribution in [-0.2, 0) is 11.3 Å². The van der Waals surface area contributed by atoms with E-state index in [9.17, 15) is 9.90 Å². The van der Waals surface area contributed by atoms with Gasteiger partial charge in [-0.05, 0) is 17.7 Å². The average Bonchev–Trinajstić information content (AvgIpc) is 2.53. The fourth-order valence-electron chi connectivity index (χ4n) is 2.14. The summed E-state index contributed by atoms with van der Waals surface area (Å²) in [6.45, 7) is 0.191. The topological polar surface area (TPSA) is 59.4 Å². The van der Waals surface area contributed by atoms with Gasteiger partial charge in [-0.3, -0.25) is 0 Å². The minimum atomic E-state index is -0.505. The highest BCUT2D eigenvalue weighted by Gasteiger charge is 2.14. The number of aromatic nitrogens is 1. The molecule has 0 radical (unpaired) electrons. The molecule has 0 aliphatic carbocycles. The molecule has 0 fully saturated rings. The molecule has 4 nitrogen and oxygen atoms in total. The molecular weight excluding hydrogens is 266 g/mol. The van der Waals surface area contributed by atoms with Gasteiger partial charge < -0.3 is 9.84 Å². The Bertz CT molecular complexity index is 784. The summed E-state index contributed by atoms with van der Waals surface area (Å²) in [5.41, 5.74) is 1.12. The Morgan fingerprint density at radius 2 is 1.81 bits per heavy atom. The Labute approximate surface area is 121 Å². The van der Waals surface area contributed by atoms with Gasteiger partial charge in [0.1, 0.15) is 12.4 Å². The van der Waals surface area contributed by atoms with Crippen LogP contribution in [-0.4, -0.2) is 16.1 Å². The van der Waals surface area contributed by atoms with Crippen LogP contribution in [0.3, 0.4) is 0 Å². The fraction of sp³-hybridized carbons (Fsp3) is 0.0588. The number of fused-ring (bicyclic) bond motifs is 1. The van der Waals surface area contributed by atoms with Crippen molar-refractivity contribution in [3.8, 4) is 5.75 Å². The van der Waals surface area contributed by atoms with Crippen molar-refractivity contribution in [2.75, 3.05) is 0 Å². The number of ether oxygens (including phenoxy) is 1. The van der Waals surface area contributed by atoms with Gasteiger partial charge in [0.25, 0.3) is 0 Å². The van der Waals surface area contributed by atoms with Crippen LogP contribution in [0.4, 0.5) is 0 Å². The average molecular weight is 279 g/mol. The number of nitrogens with zero attached hydrogens (tertiary/aromatic N) is 1. The van der Waals surface area contributed by atoms with Crippen molar-refractivity contribution in [1.29, 1.82) is 0 Å². The molecule has 1 heterocycles. The second kappa shape index (κ2) is 5.63. The normalized spacial score (nSPS) is 10.5. The molecule has 0 atom stereocenters. The van der Waals surface area contributed by atoms with Crippen molar-refractivity contribution in [1.82, 2.24) is 4.98 Å². The number of benzene rings is 2. The van der Waals surface area contributed by atoms with Gasteiger partial charge in [0.2, 0.25) is 0 Å². The van der Waals surface area contributed by atoms with Gasteiger partial charge in [-0.2, -0.15) is 0 Å². The van der Waals surface area contributed by atoms with Crippen LogP contribution in [0.5, 0.6) is 5.75 Å². The first-order valence-electron chi connectivity index (χ1n) is 6.53. The van der Waals surface area contributed by atoms with E-state index >= 15 is 0 Å². The number of esters is 1. The maximum Gasteiger partial charge on any atom is 0.357 e. The highest BCUT2D eigenvalue weighted by atomic mass is 16.5. The molecule has 21 heavy (non-hydrogen) atoms. The van der Waals surface area contributed by atoms with E-state index in [1.807, 2.05) is 30.3 Å². The number of aromatic hydroxyl groups is 1. The molecule has 0 aliphatic rings. The van der Waals surface area contributed by atoms with Crippen LogP contribution >= 0.6 is 0 Å². The van der Waals surface area contributed by atoms with Crippen LogP contribution in [0.2, 0.25) is 0 Å². The number of carbonyl (C=O) groups excluding carboxylic acids is 1. The number of pyridine rings is 1. The lowest BCUT2D eigenvalue weighted by atomic mass is 10.1. The van der Waals surface area contributed by atoms with E-state index in [4.69, 9.17) is 4.74 Å². The zero-order chi connectivity index (χ0) is 14.7. The van der Waals surface area contributed by atoms with Crippen LogP contribution in [0.1, 0.15) is 16.1 Å². The lowest BCUT2D eigenvalue weighted by Crippen LogP contribution is -2.08. The first-order valence-corrected chi connectivity index (χ1v) is 6.53. The predicted molar refractivity (Wildman–Crippen MR) is 79.0 cm³/mol. The van der Waals surface area contributed by atoms with Gasteiger partial charge >= 0.3 is 5.97 Å². The number of carbonyl (C=O) groups is 1. The third kappa shape index (κ3) is 2.69. The first-order chi connectivity index (χ1) is 10.3. The maximum absolute atomic E-state index is 12.2. The summed E-state index contributed by atoms with van der Waals surface area (Å²) in [5, 5.41) is 11.0. The van der Waals surface area contributed by atoms with Crippen LogP contribution in [0.15, 0.2) is 60.8 Å². The third-order valence-electron chi connectivity index (χ3n) is 3.19. The van der Waals surface area contributed by atoms with Crippen LogP contribution in [0.25, 0.3) is 10.8 Å². The molecule has 0 saturated carbocycles. The zero-order valence-corrected chi connectivity index (χ0v) is 11.2. The number of hydrogen-bond donors (Lipinski definition) is 1. The van der Waals surface area contributed by atoms with Gasteiger partial charge in [0.05, 0.1) is 0 Å². The van der Waals surface area contributed by atoms with Gasteiger partial charge in [0.15, 0.2) is 5.69 Å². The maximum atomic E-state index is 12.2. The molecule has 0 aliphatic heterocycles. The van der Waals surface area contributed by atoms with E-state index in [0.29, 0.717) is 10.8 Å². The number of phenols is 1. The zero-order valence-electron chi connectivity index (χ0n) is 11.2. The molecule has 0 bridgehead atoms. The van der Waals surface area contributed by atoms with E-state index in [-0.39, 0.29) is 18.1 Å². The van der Waals surface area contributed by atoms with Crippen molar-refractivity contribution in [2.24, 2.45) is 0 Å². The first kappa shape index (κ1) is 13.1. The van der Waals surface area contributed by atoms with Crippen molar-refractivity contribution < 1.29 is 14.6 Å². The molecule has 1 N–H and O–H groups in total. The summed E-state index contributed by atoms with van der Waals surface area (Å²) in [6.07, 6.45) is 1.49. The summed E-state index contributed by atoms with van der Waals surface area (Å²) in [5.74, 6) is -0.387. The van der Waals surface area contributed by atoms with E-state index in [1.165, 1.54) is 6.20 Å². The second-order valence-electron chi connectivity index (χ2n) is 4.59. The Kier molecular flexibility index (Phi) is 3.51. The molecule has 0 amide bonds. The number of rotatable bonds is 3. The minimum absolute atomic E-state index is 0.118. The monoisotopic (exact) mass is 279 g/mol. The van der Waals surface area contributed by atoms with E-state index in [2.05, 4.69) is 4.98 Å². The van der Waals surface area contributed by atoms with Crippen molar-refractivity contribution >= 4 is 16.7 Å². The smallest absolute Gasteiger partial charge is 0.357 e. The lowest BCUT2D eigenvalue weighted by Gasteiger charge is -2.07. The minimum Gasteiger partial charge on any atom is -0.507 e. The van der Waals surface area contributed by atoms with Crippen molar-refractivity contribution in [3.63, 3.8) is 0 Å². The molecule has 104 valence electrons. The van der Waals surface area contributed by atoms with E-state index < -0.39 is 5.97 Å². The van der Waals surface area contributed by atoms with Crippen molar-refractivity contribution in [3.05, 3.63) is 72.1 Å². The second-order valence-corrected chi connectivity index (χ2v) is 4.59. The van der Waals surface area contributed by atoms with Crippen LogP contribution < -0.4 is 0 Å². The summed E-state index contributed by atoms with van der Waals surface area (Å²) in [7, 11) is 0. The lowest BCUT2D eigenvalue weighted by molar-refractivity contribution is 0.0468. The Balaban J connectivity index is 1.87. The summed E-state index contributed by atoms with van der Waals surface area (Å²) in [6, 6.07) is 16.1. The quantitative estimate of drug-likeness (QED) is 0.747. The highest BCUT2D eigenvalue weighted by Crippen LogP contribution is 2.26. The Morgan fingerprint density at radius 3 is 2.62 bits per heavy atom. The molecule has 4 heteroatoms. The molecular formula is C17H13NO3. The van der Waals surface area contributed by atoms with Gasteiger partial charge in [-0.25, -0.2) is 9.78 Å². The summed E-state index contributed by atoms with van der Waals surface area (Å²) >= 11 is 0. The molecule has 2 aromatic carbocycles. The standard InChI is InChI=1S/C17H13NO3/c19-15-8-4-7-14-13(15)9-10-18-16(14)17(20)21-11-12-5-2-1-3-6-12/h1-10,19H,11H2. The van der Waals surface area contributed by atoms with Gasteiger partial charge in [-0.15, -0.1) is 0 Å². The number of phenolic OH excluding ortho intramolecular Hbond substituents is 1. The van der Waals surface area contributed by atoms with Gasteiger partial charge in [0, 0.05) is 17.0 Å². The fourth-order valence-corrected chi connectivity index (χ4v) is 2.14. The van der Waals surface area contributed by atoms with E-state index in [1.54, 1.807) is 24.3 Å². The molecule has 0 unspecified atom stereocenters. The van der Waals surface area contributed by atoms with Gasteiger partial charge in [-0.1, -0.05) is 42.5 Å². The van der Waals surface area contributed by atoms with Crippen LogP contribution in [0, 0.1) is 0 Å². The number of hydrogen-bond acceptors (Lipinski definition) is 4. The Hall–Kier alpha value is -2.88. The molecule has 3 aromatic rings. The molecule has 0 spiro atoms. The Morgan fingerprint density at radius 1 is 1.00 bits per heavy atom. The van der Waals surface area contributed by atoms with Crippen molar-refractivity contribution in [2.45, 2.75) is 6.61 Å². The largest absolute Gasteiger partial charge is 0.507 e. The third-order valence-corrected chi connectivity index (χ3v) is 3.19. The molecule has 3 rings (SSSR count). The summed E-state index contributed by atoms with van der Waals surface area (Å²) < 4.78 is 5.28. The predicted octanol–water partition coefficient (Wildman–Crippen LogP) is 3.30. The van der Waals surface area contributed by atoms with E-state index in [0.717, 1.165) is 5.56 Å². The SMILES string of the molecule is O=C(OCc1ccccc1)c1nccc2c(O)cccc12. The summed E-state index contributed by atoms with van der Waals surface area (Å²) in [4.78, 5) is 16.3. The highest BCUT2D eigenvalue weighted by molar-refractivity contribution is 6.04.